The molecule has 21 heavy (non-hydrogen) atoms. The van der Waals surface area contributed by atoms with Gasteiger partial charge in [-0.05, 0) is 43.2 Å². The smallest absolute Gasteiger partial charge is 0.255 e. The topological polar surface area (TPSA) is 38.3 Å². The first-order valence-corrected chi connectivity index (χ1v) is 6.83. The second-order valence-corrected chi connectivity index (χ2v) is 4.85. The average molecular weight is 281 g/mol. The molecule has 108 valence electrons. The molecule has 0 aliphatic carbocycles. The molecule has 0 aromatic heterocycles. The maximum atomic E-state index is 12.4. The van der Waals surface area contributed by atoms with E-state index in [4.69, 9.17) is 4.74 Å². The summed E-state index contributed by atoms with van der Waals surface area (Å²) >= 11 is 0. The van der Waals surface area contributed by atoms with Crippen molar-refractivity contribution >= 4 is 11.6 Å². The Hall–Kier alpha value is -2.55. The zero-order chi connectivity index (χ0) is 15.2. The number of aryl methyl sites for hydroxylation is 2. The minimum absolute atomic E-state index is 0.142. The van der Waals surface area contributed by atoms with Crippen LogP contribution in [0.1, 0.15) is 21.5 Å². The molecular weight excluding hydrogens is 262 g/mol. The number of carbonyl (C=O) groups excluding carboxylic acids is 1. The van der Waals surface area contributed by atoms with Gasteiger partial charge in [0.05, 0.1) is 0 Å². The fourth-order valence-corrected chi connectivity index (χ4v) is 2.08. The lowest BCUT2D eigenvalue weighted by Gasteiger charge is -2.12. The van der Waals surface area contributed by atoms with E-state index >= 15 is 0 Å². The van der Waals surface area contributed by atoms with Gasteiger partial charge in [0.25, 0.3) is 5.91 Å². The number of para-hydroxylation sites is 1. The largest absolute Gasteiger partial charge is 0.490 e. The molecule has 2 aromatic carbocycles. The van der Waals surface area contributed by atoms with Crippen molar-refractivity contribution in [2.45, 2.75) is 13.8 Å². The summed E-state index contributed by atoms with van der Waals surface area (Å²) in [6, 6.07) is 13.1. The van der Waals surface area contributed by atoms with Crippen LogP contribution in [0, 0.1) is 13.8 Å². The van der Waals surface area contributed by atoms with Gasteiger partial charge in [-0.1, -0.05) is 36.9 Å². The number of nitrogens with one attached hydrogen (secondary N) is 1. The number of amides is 1. The fraction of sp³-hybridized carbons (Fsp3) is 0.167. The minimum Gasteiger partial charge on any atom is -0.490 e. The van der Waals surface area contributed by atoms with E-state index in [2.05, 4.69) is 11.9 Å². The van der Waals surface area contributed by atoms with Crippen LogP contribution in [0.3, 0.4) is 0 Å². The lowest BCUT2D eigenvalue weighted by atomic mass is 10.1. The van der Waals surface area contributed by atoms with Gasteiger partial charge in [-0.25, -0.2) is 0 Å². The number of rotatable bonds is 5. The molecule has 3 nitrogen and oxygen atoms in total. The van der Waals surface area contributed by atoms with Crippen LogP contribution in [0.2, 0.25) is 0 Å². The van der Waals surface area contributed by atoms with Crippen LogP contribution in [0.15, 0.2) is 55.1 Å². The average Bonchev–Trinajstić information content (AvgIpc) is 2.49. The standard InChI is InChI=1S/C18H19NO2/c1-4-11-21-16-10-6-9-15(12-16)18(20)19-17-13(2)7-5-8-14(17)3/h4-10,12H,1,11H2,2-3H3,(H,19,20). The van der Waals surface area contributed by atoms with Gasteiger partial charge in [-0.2, -0.15) is 0 Å². The summed E-state index contributed by atoms with van der Waals surface area (Å²) in [5.41, 5.74) is 3.52. The monoisotopic (exact) mass is 281 g/mol. The van der Waals surface area contributed by atoms with Crippen LogP contribution in [-0.4, -0.2) is 12.5 Å². The van der Waals surface area contributed by atoms with Gasteiger partial charge < -0.3 is 10.1 Å². The molecule has 0 heterocycles. The third-order valence-electron chi connectivity index (χ3n) is 3.18. The van der Waals surface area contributed by atoms with Crippen LogP contribution in [0.25, 0.3) is 0 Å². The van der Waals surface area contributed by atoms with Crippen molar-refractivity contribution in [1.82, 2.24) is 0 Å². The molecule has 0 saturated carbocycles. The Balaban J connectivity index is 2.18. The summed E-state index contributed by atoms with van der Waals surface area (Å²) in [5, 5.41) is 2.96. The van der Waals surface area contributed by atoms with Crippen molar-refractivity contribution in [2.75, 3.05) is 11.9 Å². The zero-order valence-corrected chi connectivity index (χ0v) is 12.3. The molecule has 0 spiro atoms. The molecule has 0 bridgehead atoms. The summed E-state index contributed by atoms with van der Waals surface area (Å²) in [7, 11) is 0. The minimum atomic E-state index is -0.142. The van der Waals surface area contributed by atoms with E-state index in [1.54, 1.807) is 24.3 Å². The first kappa shape index (κ1) is 14.9. The second kappa shape index (κ2) is 6.75. The summed E-state index contributed by atoms with van der Waals surface area (Å²) in [5.74, 6) is 0.514. The lowest BCUT2D eigenvalue weighted by Crippen LogP contribution is -2.13. The van der Waals surface area contributed by atoms with Crippen LogP contribution in [0.4, 0.5) is 5.69 Å². The van der Waals surface area contributed by atoms with E-state index in [1.807, 2.05) is 38.1 Å². The molecule has 2 rings (SSSR count). The number of hydrogen-bond acceptors (Lipinski definition) is 2. The van der Waals surface area contributed by atoms with Gasteiger partial charge in [0.1, 0.15) is 12.4 Å². The van der Waals surface area contributed by atoms with Crippen molar-refractivity contribution < 1.29 is 9.53 Å². The van der Waals surface area contributed by atoms with Crippen molar-refractivity contribution in [3.05, 3.63) is 71.8 Å². The summed E-state index contributed by atoms with van der Waals surface area (Å²) in [6.45, 7) is 7.98. The Kier molecular flexibility index (Phi) is 4.77. The van der Waals surface area contributed by atoms with E-state index in [1.165, 1.54) is 0 Å². The van der Waals surface area contributed by atoms with Gasteiger partial charge in [0, 0.05) is 11.3 Å². The van der Waals surface area contributed by atoms with Crippen LogP contribution in [-0.2, 0) is 0 Å². The van der Waals surface area contributed by atoms with Crippen LogP contribution < -0.4 is 10.1 Å². The molecule has 2 aromatic rings. The summed E-state index contributed by atoms with van der Waals surface area (Å²) in [4.78, 5) is 12.4. The van der Waals surface area contributed by atoms with Crippen molar-refractivity contribution in [1.29, 1.82) is 0 Å². The molecule has 1 N–H and O–H groups in total. The first-order valence-electron chi connectivity index (χ1n) is 6.83. The number of ether oxygens (including phenoxy) is 1. The summed E-state index contributed by atoms with van der Waals surface area (Å²) < 4.78 is 5.45. The van der Waals surface area contributed by atoms with Crippen molar-refractivity contribution in [3.8, 4) is 5.75 Å². The molecule has 1 amide bonds. The first-order chi connectivity index (χ1) is 10.1. The molecule has 0 unspecified atom stereocenters. The quantitative estimate of drug-likeness (QED) is 0.837. The fourth-order valence-electron chi connectivity index (χ4n) is 2.08. The molecule has 0 aliphatic rings. The van der Waals surface area contributed by atoms with Crippen LogP contribution >= 0.6 is 0 Å². The number of anilines is 1. The number of carbonyl (C=O) groups is 1. The van der Waals surface area contributed by atoms with E-state index in [0.29, 0.717) is 17.9 Å². The van der Waals surface area contributed by atoms with Gasteiger partial charge in [-0.15, -0.1) is 0 Å². The number of benzene rings is 2. The Morgan fingerprint density at radius 2 is 1.86 bits per heavy atom. The molecule has 3 heteroatoms. The normalized spacial score (nSPS) is 10.0. The van der Waals surface area contributed by atoms with Gasteiger partial charge in [0.15, 0.2) is 0 Å². The highest BCUT2D eigenvalue weighted by molar-refractivity contribution is 6.05. The van der Waals surface area contributed by atoms with Gasteiger partial charge in [-0.3, -0.25) is 4.79 Å². The molecule has 0 atom stereocenters. The maximum Gasteiger partial charge on any atom is 0.255 e. The highest BCUT2D eigenvalue weighted by Gasteiger charge is 2.10. The van der Waals surface area contributed by atoms with Crippen molar-refractivity contribution in [2.24, 2.45) is 0 Å². The molecule has 0 saturated heterocycles. The van der Waals surface area contributed by atoms with E-state index in [-0.39, 0.29) is 5.91 Å². The lowest BCUT2D eigenvalue weighted by molar-refractivity contribution is 0.102. The Morgan fingerprint density at radius 1 is 1.19 bits per heavy atom. The highest BCUT2D eigenvalue weighted by Crippen LogP contribution is 2.21. The molecule has 0 radical (unpaired) electrons. The summed E-state index contributed by atoms with van der Waals surface area (Å²) in [6.07, 6.45) is 1.67. The van der Waals surface area contributed by atoms with Gasteiger partial charge >= 0.3 is 0 Å². The van der Waals surface area contributed by atoms with Crippen molar-refractivity contribution in [3.63, 3.8) is 0 Å². The number of hydrogen-bond donors (Lipinski definition) is 1. The zero-order valence-electron chi connectivity index (χ0n) is 12.3. The van der Waals surface area contributed by atoms with E-state index in [9.17, 15) is 4.79 Å². The SMILES string of the molecule is C=CCOc1cccc(C(=O)Nc2c(C)cccc2C)c1. The third-order valence-corrected chi connectivity index (χ3v) is 3.18. The molecule has 0 aliphatic heterocycles. The Morgan fingerprint density at radius 3 is 2.52 bits per heavy atom. The highest BCUT2D eigenvalue weighted by atomic mass is 16.5. The second-order valence-electron chi connectivity index (χ2n) is 4.85. The van der Waals surface area contributed by atoms with Gasteiger partial charge in [0.2, 0.25) is 0 Å². The predicted octanol–water partition coefficient (Wildman–Crippen LogP) is 4.12. The predicted molar refractivity (Wildman–Crippen MR) is 86.0 cm³/mol. The Bertz CT molecular complexity index is 642. The maximum absolute atomic E-state index is 12.4. The Labute approximate surface area is 125 Å². The van der Waals surface area contributed by atoms with E-state index < -0.39 is 0 Å². The van der Waals surface area contributed by atoms with E-state index in [0.717, 1.165) is 16.8 Å². The van der Waals surface area contributed by atoms with Crippen LogP contribution in [0.5, 0.6) is 5.75 Å². The molecular formula is C18H19NO2. The molecule has 0 fully saturated rings. The third kappa shape index (κ3) is 3.72.